The number of hydrogen-bond donors (Lipinski definition) is 1. The average molecular weight is 268 g/mol. The molecule has 3 rings (SSSR count). The van der Waals surface area contributed by atoms with Gasteiger partial charge in [-0.05, 0) is 29.7 Å². The maximum absolute atomic E-state index is 5.66. The highest BCUT2D eigenvalue weighted by atomic mass is 32.1. The Labute approximate surface area is 116 Å². The number of rotatable bonds is 4. The Morgan fingerprint density at radius 3 is 2.58 bits per heavy atom. The summed E-state index contributed by atoms with van der Waals surface area (Å²) in [6.45, 7) is 0.576. The van der Waals surface area contributed by atoms with E-state index in [1.54, 1.807) is 11.3 Å². The molecular formula is C16H16N2S. The van der Waals surface area contributed by atoms with E-state index in [1.165, 1.54) is 15.3 Å². The molecule has 0 aliphatic rings. The van der Waals surface area contributed by atoms with Crippen LogP contribution in [0, 0.1) is 0 Å². The molecule has 0 spiro atoms. The highest BCUT2D eigenvalue weighted by molar-refractivity contribution is 7.18. The summed E-state index contributed by atoms with van der Waals surface area (Å²) < 4.78 is 1.25. The van der Waals surface area contributed by atoms with Crippen molar-refractivity contribution in [3.63, 3.8) is 0 Å². The summed E-state index contributed by atoms with van der Waals surface area (Å²) in [5, 5.41) is 1.20. The van der Waals surface area contributed by atoms with E-state index in [-0.39, 0.29) is 0 Å². The zero-order chi connectivity index (χ0) is 13.1. The van der Waals surface area contributed by atoms with Gasteiger partial charge in [-0.1, -0.05) is 36.4 Å². The molecule has 0 amide bonds. The molecule has 0 unspecified atom stereocenters. The molecule has 0 saturated heterocycles. The molecule has 2 aromatic carbocycles. The summed E-state index contributed by atoms with van der Waals surface area (Å²) in [7, 11) is 0. The van der Waals surface area contributed by atoms with Crippen LogP contribution in [0.4, 0.5) is 0 Å². The van der Waals surface area contributed by atoms with E-state index in [9.17, 15) is 0 Å². The van der Waals surface area contributed by atoms with Crippen LogP contribution in [-0.2, 0) is 19.4 Å². The van der Waals surface area contributed by atoms with Crippen LogP contribution in [0.15, 0.2) is 48.5 Å². The van der Waals surface area contributed by atoms with Gasteiger partial charge in [0.1, 0.15) is 0 Å². The number of aromatic nitrogens is 1. The summed E-state index contributed by atoms with van der Waals surface area (Å²) in [5.41, 5.74) is 9.25. The maximum Gasteiger partial charge on any atom is 0.0941 e. The Balaban J connectivity index is 1.78. The molecule has 2 N–H and O–H groups in total. The predicted molar refractivity (Wildman–Crippen MR) is 81.4 cm³/mol. The standard InChI is InChI=1S/C16H16N2S/c17-11-13-6-8-15-14(10-13)18-16(19-15)9-7-12-4-2-1-3-5-12/h1-6,8,10H,7,9,11,17H2. The fraction of sp³-hybridized carbons (Fsp3) is 0.188. The molecule has 0 fully saturated rings. The number of benzene rings is 2. The largest absolute Gasteiger partial charge is 0.326 e. The molecule has 1 aromatic heterocycles. The second-order valence-corrected chi connectivity index (χ2v) is 5.71. The monoisotopic (exact) mass is 268 g/mol. The van der Waals surface area contributed by atoms with Crippen LogP contribution in [0.3, 0.4) is 0 Å². The van der Waals surface area contributed by atoms with Crippen molar-refractivity contribution in [1.29, 1.82) is 0 Å². The molecule has 0 aliphatic carbocycles. The van der Waals surface area contributed by atoms with Crippen LogP contribution in [0.25, 0.3) is 10.2 Å². The first kappa shape index (κ1) is 12.3. The molecule has 3 aromatic rings. The van der Waals surface area contributed by atoms with Crippen LogP contribution in [0.5, 0.6) is 0 Å². The lowest BCUT2D eigenvalue weighted by Gasteiger charge is -1.97. The van der Waals surface area contributed by atoms with Crippen molar-refractivity contribution in [2.45, 2.75) is 19.4 Å². The molecule has 2 nitrogen and oxygen atoms in total. The molecule has 0 bridgehead atoms. The smallest absolute Gasteiger partial charge is 0.0941 e. The minimum absolute atomic E-state index is 0.576. The fourth-order valence-electron chi connectivity index (χ4n) is 2.15. The number of nitrogens with zero attached hydrogens (tertiary/aromatic N) is 1. The van der Waals surface area contributed by atoms with Gasteiger partial charge in [-0.25, -0.2) is 4.98 Å². The summed E-state index contributed by atoms with van der Waals surface area (Å²) in [5.74, 6) is 0. The third-order valence-corrected chi connectivity index (χ3v) is 4.30. The zero-order valence-corrected chi connectivity index (χ0v) is 11.5. The lowest BCUT2D eigenvalue weighted by Crippen LogP contribution is -1.95. The summed E-state index contributed by atoms with van der Waals surface area (Å²) >= 11 is 1.78. The molecule has 3 heteroatoms. The summed E-state index contributed by atoms with van der Waals surface area (Å²) in [4.78, 5) is 4.70. The topological polar surface area (TPSA) is 38.9 Å². The highest BCUT2D eigenvalue weighted by Crippen LogP contribution is 2.24. The lowest BCUT2D eigenvalue weighted by molar-refractivity contribution is 0.949. The molecule has 1 heterocycles. The third-order valence-electron chi connectivity index (χ3n) is 3.20. The van der Waals surface area contributed by atoms with E-state index < -0.39 is 0 Å². The van der Waals surface area contributed by atoms with Crippen molar-refractivity contribution in [2.24, 2.45) is 5.73 Å². The van der Waals surface area contributed by atoms with Crippen molar-refractivity contribution in [3.8, 4) is 0 Å². The van der Waals surface area contributed by atoms with E-state index in [4.69, 9.17) is 10.7 Å². The Morgan fingerprint density at radius 2 is 1.79 bits per heavy atom. The number of nitrogens with two attached hydrogens (primary N) is 1. The molecule has 0 radical (unpaired) electrons. The minimum Gasteiger partial charge on any atom is -0.326 e. The van der Waals surface area contributed by atoms with Crippen molar-refractivity contribution in [1.82, 2.24) is 4.98 Å². The highest BCUT2D eigenvalue weighted by Gasteiger charge is 2.04. The van der Waals surface area contributed by atoms with Crippen molar-refractivity contribution < 1.29 is 0 Å². The van der Waals surface area contributed by atoms with Crippen LogP contribution < -0.4 is 5.73 Å². The minimum atomic E-state index is 0.576. The number of hydrogen-bond acceptors (Lipinski definition) is 3. The van der Waals surface area contributed by atoms with Crippen LogP contribution in [0.2, 0.25) is 0 Å². The second kappa shape index (κ2) is 5.51. The van der Waals surface area contributed by atoms with Crippen LogP contribution in [-0.4, -0.2) is 4.98 Å². The zero-order valence-electron chi connectivity index (χ0n) is 10.7. The van der Waals surface area contributed by atoms with E-state index in [1.807, 2.05) is 0 Å². The SMILES string of the molecule is NCc1ccc2sc(CCc3ccccc3)nc2c1. The first-order chi connectivity index (χ1) is 9.35. The Hall–Kier alpha value is -1.71. The van der Waals surface area contributed by atoms with Crippen molar-refractivity contribution in [3.05, 3.63) is 64.7 Å². The average Bonchev–Trinajstić information content (AvgIpc) is 2.88. The van der Waals surface area contributed by atoms with Crippen LogP contribution >= 0.6 is 11.3 Å². The van der Waals surface area contributed by atoms with Crippen molar-refractivity contribution in [2.75, 3.05) is 0 Å². The van der Waals surface area contributed by atoms with Gasteiger partial charge in [-0.15, -0.1) is 11.3 Å². The summed E-state index contributed by atoms with van der Waals surface area (Å²) in [6.07, 6.45) is 2.05. The molecule has 0 aliphatic heterocycles. The lowest BCUT2D eigenvalue weighted by atomic mass is 10.1. The predicted octanol–water partition coefficient (Wildman–Crippen LogP) is 3.54. The molecule has 0 saturated carbocycles. The van der Waals surface area contributed by atoms with Crippen LogP contribution in [0.1, 0.15) is 16.1 Å². The van der Waals surface area contributed by atoms with E-state index >= 15 is 0 Å². The molecule has 96 valence electrons. The number of fused-ring (bicyclic) bond motifs is 1. The van der Waals surface area contributed by atoms with Gasteiger partial charge < -0.3 is 5.73 Å². The van der Waals surface area contributed by atoms with Gasteiger partial charge in [0.05, 0.1) is 15.2 Å². The van der Waals surface area contributed by atoms with E-state index in [2.05, 4.69) is 48.5 Å². The number of aryl methyl sites for hydroxylation is 2. The Morgan fingerprint density at radius 1 is 0.947 bits per heavy atom. The molecule has 0 atom stereocenters. The van der Waals surface area contributed by atoms with E-state index in [0.717, 1.165) is 23.9 Å². The Bertz CT molecular complexity index is 674. The Kier molecular flexibility index (Phi) is 3.58. The number of thiazole rings is 1. The third kappa shape index (κ3) is 2.83. The normalized spacial score (nSPS) is 11.0. The van der Waals surface area contributed by atoms with E-state index in [0.29, 0.717) is 6.54 Å². The molecule has 19 heavy (non-hydrogen) atoms. The first-order valence-corrected chi connectivity index (χ1v) is 7.29. The van der Waals surface area contributed by atoms with Gasteiger partial charge in [0.25, 0.3) is 0 Å². The maximum atomic E-state index is 5.66. The van der Waals surface area contributed by atoms with Gasteiger partial charge in [-0.2, -0.15) is 0 Å². The van der Waals surface area contributed by atoms with Crippen molar-refractivity contribution >= 4 is 21.6 Å². The van der Waals surface area contributed by atoms with Gasteiger partial charge in [0.15, 0.2) is 0 Å². The molecular weight excluding hydrogens is 252 g/mol. The quantitative estimate of drug-likeness (QED) is 0.786. The van der Waals surface area contributed by atoms with Gasteiger partial charge in [0.2, 0.25) is 0 Å². The summed E-state index contributed by atoms with van der Waals surface area (Å²) in [6, 6.07) is 16.9. The fourth-order valence-corrected chi connectivity index (χ4v) is 3.10. The van der Waals surface area contributed by atoms with Gasteiger partial charge in [-0.3, -0.25) is 0 Å². The van der Waals surface area contributed by atoms with Gasteiger partial charge >= 0.3 is 0 Å². The first-order valence-electron chi connectivity index (χ1n) is 6.47. The van der Waals surface area contributed by atoms with Gasteiger partial charge in [0, 0.05) is 13.0 Å². The second-order valence-electron chi connectivity index (χ2n) is 4.60.